The fourth-order valence-corrected chi connectivity index (χ4v) is 1.49. The number of carboxylic acids is 1. The molecule has 0 aromatic heterocycles. The minimum absolute atomic E-state index is 0.248. The first-order valence-corrected chi connectivity index (χ1v) is 4.95. The standard InChI is InChI=1S/C12H14O5/c1-17-11-5-8(2-3-12(15)16)4-9(6-13)10(11)7-14/h2-5,13-14H,6-7H2,1H3,(H,15,16)/b3-2+. The van der Waals surface area contributed by atoms with Crippen molar-refractivity contribution in [1.82, 2.24) is 0 Å². The largest absolute Gasteiger partial charge is 0.496 e. The van der Waals surface area contributed by atoms with E-state index in [1.165, 1.54) is 13.2 Å². The van der Waals surface area contributed by atoms with Crippen LogP contribution in [0.15, 0.2) is 18.2 Å². The highest BCUT2D eigenvalue weighted by Gasteiger charge is 2.09. The maximum Gasteiger partial charge on any atom is 0.328 e. The molecule has 0 saturated carbocycles. The van der Waals surface area contributed by atoms with Crippen molar-refractivity contribution in [3.05, 3.63) is 34.9 Å². The Morgan fingerprint density at radius 3 is 2.53 bits per heavy atom. The number of hydrogen-bond donors (Lipinski definition) is 3. The van der Waals surface area contributed by atoms with Gasteiger partial charge in [-0.2, -0.15) is 0 Å². The van der Waals surface area contributed by atoms with Gasteiger partial charge in [0.2, 0.25) is 0 Å². The van der Waals surface area contributed by atoms with Crippen molar-refractivity contribution in [2.45, 2.75) is 13.2 Å². The van der Waals surface area contributed by atoms with E-state index < -0.39 is 5.97 Å². The quantitative estimate of drug-likeness (QED) is 0.660. The van der Waals surface area contributed by atoms with Crippen LogP contribution in [-0.2, 0) is 18.0 Å². The number of carbonyl (C=O) groups is 1. The van der Waals surface area contributed by atoms with Crippen molar-refractivity contribution < 1.29 is 24.9 Å². The van der Waals surface area contributed by atoms with E-state index in [1.54, 1.807) is 12.1 Å². The lowest BCUT2D eigenvalue weighted by Gasteiger charge is -2.11. The molecule has 0 radical (unpaired) electrons. The molecule has 0 bridgehead atoms. The van der Waals surface area contributed by atoms with E-state index in [2.05, 4.69) is 0 Å². The number of ether oxygens (including phenoxy) is 1. The van der Waals surface area contributed by atoms with Crippen LogP contribution in [0.25, 0.3) is 6.08 Å². The molecule has 0 heterocycles. The highest BCUT2D eigenvalue weighted by molar-refractivity contribution is 5.85. The Hall–Kier alpha value is -1.85. The van der Waals surface area contributed by atoms with Crippen LogP contribution in [0, 0.1) is 0 Å². The molecule has 1 aromatic carbocycles. The summed E-state index contributed by atoms with van der Waals surface area (Å²) in [6.45, 7) is -0.497. The van der Waals surface area contributed by atoms with Crippen LogP contribution in [-0.4, -0.2) is 28.4 Å². The summed E-state index contributed by atoms with van der Waals surface area (Å²) in [5, 5.41) is 26.9. The van der Waals surface area contributed by atoms with Gasteiger partial charge in [0, 0.05) is 11.6 Å². The van der Waals surface area contributed by atoms with Gasteiger partial charge in [-0.3, -0.25) is 0 Å². The van der Waals surface area contributed by atoms with E-state index in [9.17, 15) is 4.79 Å². The lowest BCUT2D eigenvalue weighted by molar-refractivity contribution is -0.131. The monoisotopic (exact) mass is 238 g/mol. The molecule has 0 spiro atoms. The van der Waals surface area contributed by atoms with Gasteiger partial charge in [0.05, 0.1) is 20.3 Å². The number of hydrogen-bond acceptors (Lipinski definition) is 4. The van der Waals surface area contributed by atoms with Gasteiger partial charge in [-0.15, -0.1) is 0 Å². The molecule has 0 saturated heterocycles. The molecule has 5 heteroatoms. The summed E-state index contributed by atoms with van der Waals surface area (Å²) in [6.07, 6.45) is 2.39. The van der Waals surface area contributed by atoms with E-state index in [-0.39, 0.29) is 13.2 Å². The lowest BCUT2D eigenvalue weighted by Crippen LogP contribution is -1.99. The summed E-state index contributed by atoms with van der Waals surface area (Å²) in [5.41, 5.74) is 1.60. The zero-order chi connectivity index (χ0) is 12.8. The Kier molecular flexibility index (Phi) is 4.68. The van der Waals surface area contributed by atoms with Gasteiger partial charge in [0.1, 0.15) is 5.75 Å². The van der Waals surface area contributed by atoms with Crippen LogP contribution < -0.4 is 4.74 Å². The first-order chi connectivity index (χ1) is 8.12. The zero-order valence-corrected chi connectivity index (χ0v) is 9.38. The smallest absolute Gasteiger partial charge is 0.328 e. The summed E-state index contributed by atoms with van der Waals surface area (Å²) >= 11 is 0. The van der Waals surface area contributed by atoms with Crippen molar-refractivity contribution in [1.29, 1.82) is 0 Å². The molecule has 0 atom stereocenters. The van der Waals surface area contributed by atoms with Crippen molar-refractivity contribution in [2.75, 3.05) is 7.11 Å². The van der Waals surface area contributed by atoms with E-state index in [0.29, 0.717) is 22.4 Å². The number of aliphatic carboxylic acids is 1. The number of rotatable bonds is 5. The SMILES string of the molecule is COc1cc(/C=C/C(=O)O)cc(CO)c1CO. The number of aliphatic hydroxyl groups excluding tert-OH is 2. The second-order valence-corrected chi connectivity index (χ2v) is 3.35. The normalized spacial score (nSPS) is 10.8. The Balaban J connectivity index is 3.22. The van der Waals surface area contributed by atoms with Gasteiger partial charge < -0.3 is 20.1 Å². The van der Waals surface area contributed by atoms with E-state index in [0.717, 1.165) is 6.08 Å². The van der Waals surface area contributed by atoms with Gasteiger partial charge in [0.25, 0.3) is 0 Å². The van der Waals surface area contributed by atoms with Crippen molar-refractivity contribution in [3.8, 4) is 5.75 Å². The van der Waals surface area contributed by atoms with Crippen LogP contribution in [0.2, 0.25) is 0 Å². The Bertz CT molecular complexity index is 412. The van der Waals surface area contributed by atoms with Crippen LogP contribution in [0.3, 0.4) is 0 Å². The molecule has 5 nitrogen and oxygen atoms in total. The highest BCUT2D eigenvalue weighted by atomic mass is 16.5. The van der Waals surface area contributed by atoms with Crippen LogP contribution in [0.5, 0.6) is 5.75 Å². The molecule has 0 amide bonds. The molecule has 1 aromatic rings. The van der Waals surface area contributed by atoms with Gasteiger partial charge in [-0.05, 0) is 29.3 Å². The topological polar surface area (TPSA) is 87.0 Å². The number of methoxy groups -OCH3 is 1. The lowest BCUT2D eigenvalue weighted by atomic mass is 10.0. The molecular weight excluding hydrogens is 224 g/mol. The third-order valence-electron chi connectivity index (χ3n) is 2.29. The Morgan fingerprint density at radius 1 is 1.35 bits per heavy atom. The first kappa shape index (κ1) is 13.2. The molecule has 0 fully saturated rings. The summed E-state index contributed by atoms with van der Waals surface area (Å²) in [5.74, 6) is -0.634. The average Bonchev–Trinajstić information content (AvgIpc) is 2.34. The minimum atomic E-state index is -1.05. The predicted octanol–water partition coefficient (Wildman–Crippen LogP) is 0.778. The van der Waals surface area contributed by atoms with Crippen molar-refractivity contribution in [3.63, 3.8) is 0 Å². The molecular formula is C12H14O5. The van der Waals surface area contributed by atoms with Gasteiger partial charge in [0.15, 0.2) is 0 Å². The van der Waals surface area contributed by atoms with Crippen LogP contribution in [0.4, 0.5) is 0 Å². The number of benzene rings is 1. The number of aliphatic hydroxyl groups is 2. The maximum absolute atomic E-state index is 10.4. The summed E-state index contributed by atoms with van der Waals surface area (Å²) in [6, 6.07) is 3.21. The van der Waals surface area contributed by atoms with E-state index in [1.807, 2.05) is 0 Å². The van der Waals surface area contributed by atoms with Gasteiger partial charge in [-0.1, -0.05) is 0 Å². The first-order valence-electron chi connectivity index (χ1n) is 4.95. The van der Waals surface area contributed by atoms with E-state index >= 15 is 0 Å². The summed E-state index contributed by atoms with van der Waals surface area (Å²) in [7, 11) is 1.44. The molecule has 1 rings (SSSR count). The molecule has 17 heavy (non-hydrogen) atoms. The summed E-state index contributed by atoms with van der Waals surface area (Å²) < 4.78 is 5.07. The average molecular weight is 238 g/mol. The van der Waals surface area contributed by atoms with Crippen LogP contribution >= 0.6 is 0 Å². The van der Waals surface area contributed by atoms with Gasteiger partial charge in [-0.25, -0.2) is 4.79 Å². The zero-order valence-electron chi connectivity index (χ0n) is 9.38. The third-order valence-corrected chi connectivity index (χ3v) is 2.29. The second kappa shape index (κ2) is 6.03. The second-order valence-electron chi connectivity index (χ2n) is 3.35. The van der Waals surface area contributed by atoms with Gasteiger partial charge >= 0.3 is 5.97 Å². The maximum atomic E-state index is 10.4. The molecule has 0 aliphatic rings. The molecule has 0 unspecified atom stereocenters. The number of carboxylic acid groups (broad SMARTS) is 1. The van der Waals surface area contributed by atoms with Crippen molar-refractivity contribution >= 4 is 12.0 Å². The fraction of sp³-hybridized carbons (Fsp3) is 0.250. The van der Waals surface area contributed by atoms with Crippen molar-refractivity contribution in [2.24, 2.45) is 0 Å². The van der Waals surface area contributed by atoms with E-state index in [4.69, 9.17) is 20.1 Å². The molecule has 92 valence electrons. The highest BCUT2D eigenvalue weighted by Crippen LogP contribution is 2.25. The molecule has 0 aliphatic carbocycles. The molecule has 3 N–H and O–H groups in total. The third kappa shape index (κ3) is 3.30. The predicted molar refractivity (Wildman–Crippen MR) is 61.5 cm³/mol. The molecule has 0 aliphatic heterocycles. The van der Waals surface area contributed by atoms with Crippen LogP contribution in [0.1, 0.15) is 16.7 Å². The fourth-order valence-electron chi connectivity index (χ4n) is 1.49. The minimum Gasteiger partial charge on any atom is -0.496 e. The summed E-state index contributed by atoms with van der Waals surface area (Å²) in [4.78, 5) is 10.4. The Labute approximate surface area is 98.6 Å². The Morgan fingerprint density at radius 2 is 2.06 bits per heavy atom.